The van der Waals surface area contributed by atoms with Gasteiger partial charge in [-0.3, -0.25) is 4.99 Å². The fraction of sp³-hybridized carbons (Fsp3) is 0.500. The molecule has 0 spiro atoms. The summed E-state index contributed by atoms with van der Waals surface area (Å²) in [7, 11) is 0. The second-order valence-corrected chi connectivity index (χ2v) is 7.66. The molecule has 1 atom stereocenters. The first kappa shape index (κ1) is 19.5. The molecule has 0 bridgehead atoms. The Morgan fingerprint density at radius 3 is 3.03 bits per heavy atom. The molecule has 7 nitrogen and oxygen atoms in total. The highest BCUT2D eigenvalue weighted by Crippen LogP contribution is 2.22. The number of para-hydroxylation sites is 1. The lowest BCUT2D eigenvalue weighted by molar-refractivity contribution is 0.392. The quantitative estimate of drug-likeness (QED) is 0.444. The van der Waals surface area contributed by atoms with Gasteiger partial charge >= 0.3 is 0 Å². The van der Waals surface area contributed by atoms with Gasteiger partial charge in [-0.05, 0) is 44.2 Å². The maximum absolute atomic E-state index is 4.83. The van der Waals surface area contributed by atoms with Gasteiger partial charge in [-0.1, -0.05) is 25.1 Å². The highest BCUT2D eigenvalue weighted by Gasteiger charge is 2.21. The molecule has 4 rings (SSSR count). The van der Waals surface area contributed by atoms with Crippen molar-refractivity contribution in [2.24, 2.45) is 4.99 Å². The minimum Gasteiger partial charge on any atom is -0.361 e. The lowest BCUT2D eigenvalue weighted by atomic mass is 10.1. The number of hydrogen-bond donors (Lipinski definition) is 3. The predicted molar refractivity (Wildman–Crippen MR) is 117 cm³/mol. The molecule has 3 N–H and O–H groups in total. The number of nitrogens with one attached hydrogen (secondary N) is 3. The van der Waals surface area contributed by atoms with Crippen LogP contribution in [0.25, 0.3) is 10.9 Å². The Kier molecular flexibility index (Phi) is 5.83. The van der Waals surface area contributed by atoms with Gasteiger partial charge in [-0.15, -0.1) is 0 Å². The third kappa shape index (κ3) is 4.28. The first-order valence-electron chi connectivity index (χ1n) is 10.7. The number of aromatic amines is 1. The van der Waals surface area contributed by atoms with Crippen molar-refractivity contribution in [2.75, 3.05) is 13.1 Å². The van der Waals surface area contributed by atoms with Crippen LogP contribution >= 0.6 is 0 Å². The zero-order valence-electron chi connectivity index (χ0n) is 17.6. The van der Waals surface area contributed by atoms with Crippen LogP contribution in [0.5, 0.6) is 0 Å². The second-order valence-electron chi connectivity index (χ2n) is 7.66. The number of hydrogen-bond acceptors (Lipinski definition) is 3. The fourth-order valence-corrected chi connectivity index (χ4v) is 4.13. The summed E-state index contributed by atoms with van der Waals surface area (Å²) >= 11 is 0. The van der Waals surface area contributed by atoms with E-state index >= 15 is 0 Å². The average Bonchev–Trinajstić information content (AvgIpc) is 3.30. The van der Waals surface area contributed by atoms with Crippen LogP contribution in [0.2, 0.25) is 0 Å². The van der Waals surface area contributed by atoms with Gasteiger partial charge in [0.2, 0.25) is 0 Å². The molecule has 1 unspecified atom stereocenters. The molecule has 29 heavy (non-hydrogen) atoms. The molecule has 3 aromatic rings. The van der Waals surface area contributed by atoms with Crippen LogP contribution < -0.4 is 10.6 Å². The Labute approximate surface area is 172 Å². The number of rotatable bonds is 6. The molecular formula is C22H31N7. The van der Waals surface area contributed by atoms with E-state index in [9.17, 15) is 0 Å². The van der Waals surface area contributed by atoms with Gasteiger partial charge in [0.1, 0.15) is 11.6 Å². The van der Waals surface area contributed by atoms with Crippen molar-refractivity contribution in [3.05, 3.63) is 47.2 Å². The molecule has 1 aliphatic rings. The average molecular weight is 394 g/mol. The summed E-state index contributed by atoms with van der Waals surface area (Å²) in [5.74, 6) is 2.83. The lowest BCUT2D eigenvalue weighted by Crippen LogP contribution is -2.47. The molecule has 1 aromatic carbocycles. The zero-order chi connectivity index (χ0) is 20.2. The van der Waals surface area contributed by atoms with E-state index in [1.54, 1.807) is 0 Å². The van der Waals surface area contributed by atoms with E-state index < -0.39 is 0 Å². The van der Waals surface area contributed by atoms with Crippen molar-refractivity contribution in [3.63, 3.8) is 0 Å². The van der Waals surface area contributed by atoms with Crippen molar-refractivity contribution >= 4 is 16.9 Å². The first-order valence-corrected chi connectivity index (χ1v) is 10.7. The molecule has 3 heterocycles. The van der Waals surface area contributed by atoms with Gasteiger partial charge in [0.25, 0.3) is 0 Å². The molecule has 0 amide bonds. The minimum absolute atomic E-state index is 0.321. The highest BCUT2D eigenvalue weighted by atomic mass is 15.4. The molecule has 7 heteroatoms. The summed E-state index contributed by atoms with van der Waals surface area (Å²) in [5.41, 5.74) is 3.96. The maximum atomic E-state index is 4.83. The van der Waals surface area contributed by atoms with Gasteiger partial charge < -0.3 is 15.6 Å². The highest BCUT2D eigenvalue weighted by molar-refractivity contribution is 5.86. The molecular weight excluding hydrogens is 362 g/mol. The van der Waals surface area contributed by atoms with E-state index in [4.69, 9.17) is 4.99 Å². The van der Waals surface area contributed by atoms with E-state index in [0.717, 1.165) is 62.9 Å². The van der Waals surface area contributed by atoms with Crippen LogP contribution in [0, 0.1) is 6.92 Å². The normalized spacial score (nSPS) is 16.8. The summed E-state index contributed by atoms with van der Waals surface area (Å²) in [6.07, 6.45) is 6.09. The van der Waals surface area contributed by atoms with Crippen molar-refractivity contribution in [2.45, 2.75) is 59.0 Å². The SMILES string of the molecule is CCNC(=NCCc1c[nH]c2c(CC)cccc12)NC1CCc2nc(C)nn2C1. The smallest absolute Gasteiger partial charge is 0.191 e. The summed E-state index contributed by atoms with van der Waals surface area (Å²) < 4.78 is 2.03. The third-order valence-electron chi connectivity index (χ3n) is 5.57. The third-order valence-corrected chi connectivity index (χ3v) is 5.57. The number of nitrogens with zero attached hydrogens (tertiary/aromatic N) is 4. The van der Waals surface area contributed by atoms with Crippen LogP contribution in [0.1, 0.15) is 43.0 Å². The standard InChI is InChI=1S/C22H31N7/c1-4-16-7-6-8-19-17(13-25-21(16)19)11-12-24-22(23-5-2)27-18-9-10-20-26-15(3)28-29(20)14-18/h6-8,13,18,25H,4-5,9-12,14H2,1-3H3,(H2,23,24,27). The number of guanidine groups is 1. The lowest BCUT2D eigenvalue weighted by Gasteiger charge is -2.25. The number of fused-ring (bicyclic) bond motifs is 2. The van der Waals surface area contributed by atoms with E-state index in [2.05, 4.69) is 63.9 Å². The Balaban J connectivity index is 1.40. The van der Waals surface area contributed by atoms with E-state index in [1.165, 1.54) is 22.0 Å². The van der Waals surface area contributed by atoms with Gasteiger partial charge in [-0.2, -0.15) is 5.10 Å². The van der Waals surface area contributed by atoms with Gasteiger partial charge in [0.05, 0.1) is 6.54 Å². The molecule has 2 aromatic heterocycles. The monoisotopic (exact) mass is 393 g/mol. The topological polar surface area (TPSA) is 82.9 Å². The Morgan fingerprint density at radius 1 is 1.31 bits per heavy atom. The van der Waals surface area contributed by atoms with Crippen LogP contribution in [-0.4, -0.2) is 44.8 Å². The Hall–Kier alpha value is -2.83. The number of H-pyrrole nitrogens is 1. The minimum atomic E-state index is 0.321. The van der Waals surface area contributed by atoms with Crippen LogP contribution in [0.4, 0.5) is 0 Å². The van der Waals surface area contributed by atoms with Gasteiger partial charge in [-0.25, -0.2) is 9.67 Å². The van der Waals surface area contributed by atoms with Crippen LogP contribution in [0.3, 0.4) is 0 Å². The first-order chi connectivity index (χ1) is 14.2. The number of aliphatic imine (C=N–C) groups is 1. The summed E-state index contributed by atoms with van der Waals surface area (Å²) in [4.78, 5) is 12.8. The van der Waals surface area contributed by atoms with Crippen molar-refractivity contribution in [1.82, 2.24) is 30.4 Å². The molecule has 1 aliphatic heterocycles. The van der Waals surface area contributed by atoms with Crippen molar-refractivity contribution in [3.8, 4) is 0 Å². The summed E-state index contributed by atoms with van der Waals surface area (Å²) in [6, 6.07) is 6.87. The molecule has 154 valence electrons. The van der Waals surface area contributed by atoms with Gasteiger partial charge in [0, 0.05) is 42.7 Å². The van der Waals surface area contributed by atoms with E-state index in [0.29, 0.717) is 6.04 Å². The summed E-state index contributed by atoms with van der Waals surface area (Å²) in [6.45, 7) is 8.68. The molecule has 0 fully saturated rings. The number of aromatic nitrogens is 4. The zero-order valence-corrected chi connectivity index (χ0v) is 17.6. The van der Waals surface area contributed by atoms with E-state index in [-0.39, 0.29) is 0 Å². The molecule has 0 saturated heterocycles. The Bertz CT molecular complexity index is 998. The number of aryl methyl sites for hydroxylation is 3. The van der Waals surface area contributed by atoms with Crippen LogP contribution in [0.15, 0.2) is 29.4 Å². The number of benzene rings is 1. The summed E-state index contributed by atoms with van der Waals surface area (Å²) in [5, 5.41) is 12.8. The maximum Gasteiger partial charge on any atom is 0.191 e. The fourth-order valence-electron chi connectivity index (χ4n) is 4.13. The van der Waals surface area contributed by atoms with Crippen molar-refractivity contribution < 1.29 is 0 Å². The molecule has 0 saturated carbocycles. The van der Waals surface area contributed by atoms with Gasteiger partial charge in [0.15, 0.2) is 5.96 Å². The molecule has 0 radical (unpaired) electrons. The predicted octanol–water partition coefficient (Wildman–Crippen LogP) is 2.74. The van der Waals surface area contributed by atoms with Crippen molar-refractivity contribution in [1.29, 1.82) is 0 Å². The van der Waals surface area contributed by atoms with Crippen LogP contribution in [-0.2, 0) is 25.8 Å². The Morgan fingerprint density at radius 2 is 2.21 bits per heavy atom. The second kappa shape index (κ2) is 8.68. The largest absolute Gasteiger partial charge is 0.361 e. The van der Waals surface area contributed by atoms with E-state index in [1.807, 2.05) is 11.6 Å². The molecule has 0 aliphatic carbocycles.